The molecule has 0 amide bonds. The Kier molecular flexibility index (Phi) is 6.21. The number of benzene rings is 1. The van der Waals surface area contributed by atoms with Crippen molar-refractivity contribution in [1.29, 1.82) is 0 Å². The first-order chi connectivity index (χ1) is 14.1. The van der Waals surface area contributed by atoms with E-state index in [-0.39, 0.29) is 5.97 Å². The van der Waals surface area contributed by atoms with Crippen molar-refractivity contribution in [2.75, 3.05) is 7.11 Å². The van der Waals surface area contributed by atoms with Gasteiger partial charge >= 0.3 is 5.97 Å². The van der Waals surface area contributed by atoms with Gasteiger partial charge in [0, 0.05) is 33.0 Å². The number of fused-ring (bicyclic) bond motifs is 3. The number of hydrogen-bond donors (Lipinski definition) is 0. The van der Waals surface area contributed by atoms with Gasteiger partial charge in [0.1, 0.15) is 4.83 Å². The number of nitrogens with zero attached hydrogens (tertiary/aromatic N) is 1. The van der Waals surface area contributed by atoms with Gasteiger partial charge in [0.2, 0.25) is 0 Å². The number of carbonyl (C=O) groups is 1. The van der Waals surface area contributed by atoms with E-state index in [0.29, 0.717) is 6.42 Å². The van der Waals surface area contributed by atoms with Gasteiger partial charge in [-0.2, -0.15) is 0 Å². The smallest absolute Gasteiger partial charge is 0.305 e. The minimum Gasteiger partial charge on any atom is -0.469 e. The van der Waals surface area contributed by atoms with Crippen molar-refractivity contribution in [3.8, 4) is 11.1 Å². The molecule has 1 aliphatic rings. The second-order valence-corrected chi connectivity index (χ2v) is 9.20. The molecule has 29 heavy (non-hydrogen) atoms. The summed E-state index contributed by atoms with van der Waals surface area (Å²) in [5.41, 5.74) is 6.18. The molecular formula is C24H26ClNO2S. The minimum absolute atomic E-state index is 0.145. The molecule has 5 heteroatoms. The van der Waals surface area contributed by atoms with E-state index in [0.717, 1.165) is 53.2 Å². The van der Waals surface area contributed by atoms with Crippen molar-refractivity contribution in [2.24, 2.45) is 0 Å². The monoisotopic (exact) mass is 427 g/mol. The van der Waals surface area contributed by atoms with Crippen LogP contribution in [0.15, 0.2) is 24.3 Å². The van der Waals surface area contributed by atoms with Crippen LogP contribution in [-0.2, 0) is 28.8 Å². The second kappa shape index (κ2) is 8.85. The number of unbranched alkanes of at least 4 members (excludes halogenated alkanes) is 1. The minimum atomic E-state index is -0.145. The summed E-state index contributed by atoms with van der Waals surface area (Å²) in [7, 11) is 1.44. The Bertz CT molecular complexity index is 1060. The average molecular weight is 428 g/mol. The van der Waals surface area contributed by atoms with E-state index in [4.69, 9.17) is 21.3 Å². The average Bonchev–Trinajstić information content (AvgIpc) is 3.09. The lowest BCUT2D eigenvalue weighted by Gasteiger charge is -2.18. The molecule has 1 aliphatic carbocycles. The lowest BCUT2D eigenvalue weighted by molar-refractivity contribution is -0.140. The highest BCUT2D eigenvalue weighted by atomic mass is 35.5. The zero-order valence-electron chi connectivity index (χ0n) is 17.0. The van der Waals surface area contributed by atoms with E-state index in [9.17, 15) is 4.79 Å². The third kappa shape index (κ3) is 4.06. The fraction of sp³-hybridized carbons (Fsp3) is 0.417. The summed E-state index contributed by atoms with van der Waals surface area (Å²) in [6.45, 7) is 2.11. The standard InChI is InChI=1S/C24H26ClNO2S/c1-15-16(9-5-8-14-21(27)28-2)22(17-10-3-6-12-19(17)25)23-18-11-4-7-13-20(18)29-24(23)26-15/h3,6,10,12H,4-5,7-9,11,13-14H2,1-2H3. The van der Waals surface area contributed by atoms with E-state index in [2.05, 4.69) is 19.1 Å². The number of hydrogen-bond acceptors (Lipinski definition) is 4. The summed E-state index contributed by atoms with van der Waals surface area (Å²) in [6.07, 6.45) is 7.87. The molecule has 0 bridgehead atoms. The molecule has 0 saturated carbocycles. The Labute approximate surface area is 181 Å². The topological polar surface area (TPSA) is 39.2 Å². The zero-order chi connectivity index (χ0) is 20.4. The van der Waals surface area contributed by atoms with Crippen LogP contribution in [0.1, 0.15) is 53.8 Å². The number of methoxy groups -OCH3 is 1. The number of thiophene rings is 1. The highest BCUT2D eigenvalue weighted by Crippen LogP contribution is 2.44. The first kappa shape index (κ1) is 20.4. The van der Waals surface area contributed by atoms with Crippen LogP contribution >= 0.6 is 22.9 Å². The van der Waals surface area contributed by atoms with Crippen molar-refractivity contribution in [3.63, 3.8) is 0 Å². The summed E-state index contributed by atoms with van der Waals surface area (Å²) >= 11 is 8.53. The quantitative estimate of drug-likeness (QED) is 0.325. The van der Waals surface area contributed by atoms with Gasteiger partial charge in [-0.05, 0) is 74.6 Å². The summed E-state index contributed by atoms with van der Waals surface area (Å²) in [5, 5.41) is 2.09. The van der Waals surface area contributed by atoms with Crippen molar-refractivity contribution < 1.29 is 9.53 Å². The lowest BCUT2D eigenvalue weighted by Crippen LogP contribution is -2.03. The number of rotatable bonds is 6. The summed E-state index contributed by atoms with van der Waals surface area (Å²) in [4.78, 5) is 19.1. The Balaban J connectivity index is 1.83. The molecule has 0 N–H and O–H groups in total. The first-order valence-electron chi connectivity index (χ1n) is 10.4. The molecule has 0 saturated heterocycles. The second-order valence-electron chi connectivity index (χ2n) is 7.70. The van der Waals surface area contributed by atoms with E-state index in [1.165, 1.54) is 46.9 Å². The molecule has 2 aromatic heterocycles. The van der Waals surface area contributed by atoms with Crippen molar-refractivity contribution >= 4 is 39.1 Å². The van der Waals surface area contributed by atoms with Crippen LogP contribution in [0.5, 0.6) is 0 Å². The number of pyridine rings is 1. The normalized spacial score (nSPS) is 13.5. The van der Waals surface area contributed by atoms with Gasteiger partial charge in [-0.25, -0.2) is 4.98 Å². The molecule has 1 aromatic carbocycles. The molecule has 0 radical (unpaired) electrons. The van der Waals surface area contributed by atoms with Crippen LogP contribution in [0, 0.1) is 6.92 Å². The van der Waals surface area contributed by atoms with Crippen molar-refractivity contribution in [1.82, 2.24) is 4.98 Å². The summed E-state index contributed by atoms with van der Waals surface area (Å²) in [5.74, 6) is -0.145. The van der Waals surface area contributed by atoms with Crippen LogP contribution in [0.2, 0.25) is 5.02 Å². The molecule has 0 spiro atoms. The van der Waals surface area contributed by atoms with Crippen LogP contribution in [-0.4, -0.2) is 18.1 Å². The molecule has 4 rings (SSSR count). The molecule has 0 fully saturated rings. The van der Waals surface area contributed by atoms with Gasteiger partial charge in [0.05, 0.1) is 7.11 Å². The lowest BCUT2D eigenvalue weighted by atomic mass is 9.88. The molecule has 3 aromatic rings. The SMILES string of the molecule is COC(=O)CCCCc1c(C)nc2sc3c(c2c1-c1ccccc1Cl)CCCC3. The van der Waals surface area contributed by atoms with E-state index in [1.807, 2.05) is 23.5 Å². The van der Waals surface area contributed by atoms with E-state index < -0.39 is 0 Å². The predicted molar refractivity (Wildman–Crippen MR) is 121 cm³/mol. The van der Waals surface area contributed by atoms with Crippen molar-refractivity contribution in [3.05, 3.63) is 51.0 Å². The molecule has 0 unspecified atom stereocenters. The van der Waals surface area contributed by atoms with Gasteiger partial charge < -0.3 is 4.74 Å². The highest BCUT2D eigenvalue weighted by Gasteiger charge is 2.24. The Morgan fingerprint density at radius 2 is 2.00 bits per heavy atom. The molecule has 152 valence electrons. The molecule has 0 atom stereocenters. The fourth-order valence-electron chi connectivity index (χ4n) is 4.38. The number of aromatic nitrogens is 1. The maximum Gasteiger partial charge on any atom is 0.305 e. The number of ether oxygens (including phenoxy) is 1. The van der Waals surface area contributed by atoms with Gasteiger partial charge in [-0.15, -0.1) is 11.3 Å². The largest absolute Gasteiger partial charge is 0.469 e. The van der Waals surface area contributed by atoms with Crippen LogP contribution in [0.3, 0.4) is 0 Å². The predicted octanol–water partition coefficient (Wildman–Crippen LogP) is 6.69. The first-order valence-corrected chi connectivity index (χ1v) is 11.5. The molecule has 0 aliphatic heterocycles. The van der Waals surface area contributed by atoms with Crippen LogP contribution < -0.4 is 0 Å². The summed E-state index contributed by atoms with van der Waals surface area (Å²) < 4.78 is 4.78. The maximum atomic E-state index is 11.5. The maximum absolute atomic E-state index is 11.5. The number of halogens is 1. The zero-order valence-corrected chi connectivity index (χ0v) is 18.6. The van der Waals surface area contributed by atoms with Crippen LogP contribution in [0.4, 0.5) is 0 Å². The van der Waals surface area contributed by atoms with Gasteiger partial charge in [0.25, 0.3) is 0 Å². The third-order valence-corrected chi connectivity index (χ3v) is 7.35. The Morgan fingerprint density at radius 1 is 1.21 bits per heavy atom. The number of esters is 1. The number of carbonyl (C=O) groups excluding carboxylic acids is 1. The molecule has 3 nitrogen and oxygen atoms in total. The Morgan fingerprint density at radius 3 is 2.79 bits per heavy atom. The van der Waals surface area contributed by atoms with Gasteiger partial charge in [-0.1, -0.05) is 29.8 Å². The van der Waals surface area contributed by atoms with Gasteiger partial charge in [0.15, 0.2) is 0 Å². The third-order valence-electron chi connectivity index (χ3n) is 5.84. The van der Waals surface area contributed by atoms with Crippen molar-refractivity contribution in [2.45, 2.75) is 58.3 Å². The highest BCUT2D eigenvalue weighted by molar-refractivity contribution is 7.19. The van der Waals surface area contributed by atoms with Crippen LogP contribution in [0.25, 0.3) is 21.3 Å². The van der Waals surface area contributed by atoms with Gasteiger partial charge in [-0.3, -0.25) is 4.79 Å². The van der Waals surface area contributed by atoms with E-state index in [1.54, 1.807) is 0 Å². The van der Waals surface area contributed by atoms with E-state index >= 15 is 0 Å². The Hall–Kier alpha value is -1.91. The fourth-order valence-corrected chi connectivity index (χ4v) is 5.93. The summed E-state index contributed by atoms with van der Waals surface area (Å²) in [6, 6.07) is 8.14. The number of aryl methyl sites for hydroxylation is 3. The molecule has 2 heterocycles. The molecular weight excluding hydrogens is 402 g/mol.